The third-order valence-electron chi connectivity index (χ3n) is 2.42. The molecule has 0 amide bonds. The fraction of sp³-hybridized carbons (Fsp3) is 0.800. The number of hydrogen-bond donors (Lipinski definition) is 0. The number of carbonyl (C=O) groups is 2. The largest absolute Gasteiger partial charge is 0.373 e. The Morgan fingerprint density at radius 3 is 1.70 bits per heavy atom. The molecule has 0 aliphatic carbocycles. The van der Waals surface area contributed by atoms with E-state index in [0.717, 1.165) is 0 Å². The molecule has 0 aliphatic rings. The Morgan fingerprint density at radius 1 is 0.950 bits per heavy atom. The Balaban J connectivity index is -0.000000657. The zero-order valence-corrected chi connectivity index (χ0v) is 13.2. The summed E-state index contributed by atoms with van der Waals surface area (Å²) < 4.78 is 0. The summed E-state index contributed by atoms with van der Waals surface area (Å²) in [5, 5.41) is 0.547. The van der Waals surface area contributed by atoms with Gasteiger partial charge in [0.2, 0.25) is 0 Å². The first-order valence-corrected chi connectivity index (χ1v) is 7.40. The van der Waals surface area contributed by atoms with Gasteiger partial charge in [0.25, 0.3) is 0 Å². The lowest BCUT2D eigenvalue weighted by molar-refractivity contribution is -0.191. The third-order valence-corrected chi connectivity index (χ3v) is 3.64. The van der Waals surface area contributed by atoms with Crippen molar-refractivity contribution in [2.24, 2.45) is 5.92 Å². The van der Waals surface area contributed by atoms with Crippen LogP contribution >= 0.6 is 11.8 Å². The fourth-order valence-electron chi connectivity index (χ4n) is 1.41. The van der Waals surface area contributed by atoms with Gasteiger partial charge in [-0.25, -0.2) is 0 Å². The highest BCUT2D eigenvalue weighted by atomic mass is 32.2. The Hall–Kier alpha value is -0.930. The quantitative estimate of drug-likeness (QED) is 0.686. The van der Waals surface area contributed by atoms with Crippen molar-refractivity contribution < 1.29 is 19.2 Å². The van der Waals surface area contributed by atoms with Crippen LogP contribution in [0.4, 0.5) is 0 Å². The molecule has 0 radical (unpaired) electrons. The van der Waals surface area contributed by atoms with E-state index in [9.17, 15) is 9.59 Å². The van der Waals surface area contributed by atoms with Gasteiger partial charge in [-0.2, -0.15) is 9.59 Å². The van der Waals surface area contributed by atoms with Crippen LogP contribution in [0.15, 0.2) is 0 Å². The second-order valence-electron chi connectivity index (χ2n) is 4.85. The normalized spacial score (nSPS) is 10.9. The van der Waals surface area contributed by atoms with Gasteiger partial charge in [0.15, 0.2) is 0 Å². The number of carbonyl (C=O) groups excluding carboxylic acids is 4. The number of ketones is 2. The molecule has 1 unspecified atom stereocenters. The van der Waals surface area contributed by atoms with E-state index in [4.69, 9.17) is 9.59 Å². The molecule has 0 saturated heterocycles. The average molecular weight is 304 g/mol. The lowest BCUT2D eigenvalue weighted by Gasteiger charge is -2.12. The van der Waals surface area contributed by atoms with E-state index >= 15 is 0 Å². The van der Waals surface area contributed by atoms with Crippen molar-refractivity contribution in [3.05, 3.63) is 0 Å². The molecule has 118 valence electrons. The predicted octanol–water partition coefficient (Wildman–Crippen LogP) is 3.53. The first-order valence-electron chi connectivity index (χ1n) is 6.46. The second kappa shape index (κ2) is 14.5. The molecule has 0 aromatic rings. The molecule has 0 aliphatic heterocycles. The van der Waals surface area contributed by atoms with Crippen molar-refractivity contribution >= 4 is 29.5 Å². The molecule has 0 aromatic heterocycles. The van der Waals surface area contributed by atoms with E-state index in [1.54, 1.807) is 11.8 Å². The minimum Gasteiger partial charge on any atom is -0.299 e. The molecule has 20 heavy (non-hydrogen) atoms. The first-order chi connectivity index (χ1) is 8.76. The molecule has 0 heterocycles. The molecule has 0 spiro atoms. The smallest absolute Gasteiger partial charge is 0.299 e. The molecular formula is C15H28O4S. The minimum absolute atomic E-state index is 0. The molecule has 0 aromatic carbocycles. The number of rotatable bonds is 8. The summed E-state index contributed by atoms with van der Waals surface area (Å²) in [5.41, 5.74) is 0. The summed E-state index contributed by atoms with van der Waals surface area (Å²) in [5.74, 6) is 0.629. The summed E-state index contributed by atoms with van der Waals surface area (Å²) in [6, 6.07) is 0. The Morgan fingerprint density at radius 2 is 1.35 bits per heavy atom. The topological polar surface area (TPSA) is 68.3 Å². The van der Waals surface area contributed by atoms with Crippen LogP contribution in [0.1, 0.15) is 61.3 Å². The molecule has 0 fully saturated rings. The SMILES string of the molecule is C.CC(C)SC(C)C(=O)CCCC(=O)C(C)C.O=C=O. The van der Waals surface area contributed by atoms with Gasteiger partial charge in [-0.05, 0) is 18.6 Å². The molecule has 1 atom stereocenters. The van der Waals surface area contributed by atoms with Gasteiger partial charge >= 0.3 is 6.15 Å². The lowest BCUT2D eigenvalue weighted by Crippen LogP contribution is -2.16. The molecule has 4 nitrogen and oxygen atoms in total. The van der Waals surface area contributed by atoms with Crippen LogP contribution in [-0.4, -0.2) is 28.2 Å². The number of hydrogen-bond acceptors (Lipinski definition) is 5. The maximum atomic E-state index is 11.7. The van der Waals surface area contributed by atoms with Crippen molar-refractivity contribution in [2.45, 2.75) is 71.8 Å². The van der Waals surface area contributed by atoms with Crippen molar-refractivity contribution in [3.63, 3.8) is 0 Å². The highest BCUT2D eigenvalue weighted by Gasteiger charge is 2.15. The van der Waals surface area contributed by atoms with Gasteiger partial charge in [0.1, 0.15) is 11.6 Å². The van der Waals surface area contributed by atoms with Gasteiger partial charge < -0.3 is 0 Å². The fourth-order valence-corrected chi connectivity index (χ4v) is 2.50. The monoisotopic (exact) mass is 304 g/mol. The summed E-state index contributed by atoms with van der Waals surface area (Å²) in [7, 11) is 0. The molecule has 0 rings (SSSR count). The maximum Gasteiger partial charge on any atom is 0.373 e. The molecule has 5 heteroatoms. The van der Waals surface area contributed by atoms with E-state index in [2.05, 4.69) is 13.8 Å². The van der Waals surface area contributed by atoms with Gasteiger partial charge in [-0.1, -0.05) is 35.1 Å². The summed E-state index contributed by atoms with van der Waals surface area (Å²) in [4.78, 5) is 39.3. The van der Waals surface area contributed by atoms with E-state index in [1.807, 2.05) is 20.8 Å². The molecule has 0 saturated carbocycles. The van der Waals surface area contributed by atoms with Crippen molar-refractivity contribution in [1.82, 2.24) is 0 Å². The highest BCUT2D eigenvalue weighted by molar-refractivity contribution is 8.01. The van der Waals surface area contributed by atoms with E-state index in [-0.39, 0.29) is 36.3 Å². The van der Waals surface area contributed by atoms with Gasteiger partial charge in [-0.15, -0.1) is 11.8 Å². The lowest BCUT2D eigenvalue weighted by atomic mass is 10.0. The third kappa shape index (κ3) is 15.1. The predicted molar refractivity (Wildman–Crippen MR) is 82.6 cm³/mol. The van der Waals surface area contributed by atoms with E-state index in [0.29, 0.717) is 24.5 Å². The zero-order chi connectivity index (χ0) is 15.4. The van der Waals surface area contributed by atoms with Crippen LogP contribution in [-0.2, 0) is 19.2 Å². The molecule has 0 N–H and O–H groups in total. The summed E-state index contributed by atoms with van der Waals surface area (Å²) in [6.07, 6.45) is 2.04. The van der Waals surface area contributed by atoms with Crippen molar-refractivity contribution in [3.8, 4) is 0 Å². The Labute approximate surface area is 127 Å². The number of Topliss-reactive ketones (excluding diaryl/α,β-unsaturated/α-hetero) is 2. The average Bonchev–Trinajstić information content (AvgIpc) is 2.28. The van der Waals surface area contributed by atoms with Crippen LogP contribution in [0.2, 0.25) is 0 Å². The minimum atomic E-state index is 0. The van der Waals surface area contributed by atoms with Crippen LogP contribution in [0.25, 0.3) is 0 Å². The molecular weight excluding hydrogens is 276 g/mol. The Kier molecular flexibility index (Phi) is 17.5. The standard InChI is InChI=1S/C13H24O2S.CO2.CH4/c1-9(2)12(14)7-6-8-13(15)11(5)16-10(3)4;2-1-3;/h9-11H,6-8H2,1-5H3;;1H4. The van der Waals surface area contributed by atoms with Crippen LogP contribution in [0, 0.1) is 5.92 Å². The second-order valence-corrected chi connectivity index (χ2v) is 6.77. The molecule has 0 bridgehead atoms. The zero-order valence-electron chi connectivity index (χ0n) is 12.4. The van der Waals surface area contributed by atoms with Crippen molar-refractivity contribution in [1.29, 1.82) is 0 Å². The highest BCUT2D eigenvalue weighted by Crippen LogP contribution is 2.19. The van der Waals surface area contributed by atoms with Crippen LogP contribution in [0.5, 0.6) is 0 Å². The van der Waals surface area contributed by atoms with Gasteiger partial charge in [0.05, 0.1) is 5.25 Å². The summed E-state index contributed by atoms with van der Waals surface area (Å²) in [6.45, 7) is 9.95. The van der Waals surface area contributed by atoms with Gasteiger partial charge in [-0.3, -0.25) is 9.59 Å². The first kappa shape index (κ1) is 24.1. The van der Waals surface area contributed by atoms with Crippen LogP contribution in [0.3, 0.4) is 0 Å². The maximum absolute atomic E-state index is 11.7. The summed E-state index contributed by atoms with van der Waals surface area (Å²) >= 11 is 1.69. The van der Waals surface area contributed by atoms with Crippen molar-refractivity contribution in [2.75, 3.05) is 0 Å². The van der Waals surface area contributed by atoms with Crippen LogP contribution < -0.4 is 0 Å². The van der Waals surface area contributed by atoms with Gasteiger partial charge in [0, 0.05) is 18.8 Å². The van der Waals surface area contributed by atoms with E-state index < -0.39 is 0 Å². The number of thioether (sulfide) groups is 1. The van der Waals surface area contributed by atoms with E-state index in [1.165, 1.54) is 0 Å². The Bertz CT molecular complexity index is 305.